The lowest BCUT2D eigenvalue weighted by molar-refractivity contribution is -0.153. The number of rotatable bonds is 5. The van der Waals surface area contributed by atoms with E-state index in [9.17, 15) is 19.1 Å². The number of aliphatic hydroxyl groups excluding tert-OH is 1. The van der Waals surface area contributed by atoms with Gasteiger partial charge in [-0.2, -0.15) is 0 Å². The van der Waals surface area contributed by atoms with Gasteiger partial charge in [-0.05, 0) is 6.92 Å². The van der Waals surface area contributed by atoms with Crippen LogP contribution in [0.1, 0.15) is 18.5 Å². The van der Waals surface area contributed by atoms with Crippen LogP contribution >= 0.6 is 0 Å². The second kappa shape index (κ2) is 7.17. The van der Waals surface area contributed by atoms with Crippen molar-refractivity contribution in [3.05, 3.63) is 32.6 Å². The van der Waals surface area contributed by atoms with Gasteiger partial charge in [-0.25, -0.2) is 9.18 Å². The number of ether oxygens (including phenoxy) is 2. The number of hydrogen-bond acceptors (Lipinski definition) is 5. The van der Waals surface area contributed by atoms with E-state index in [1.807, 2.05) is 6.92 Å². The van der Waals surface area contributed by atoms with Crippen molar-refractivity contribution in [1.82, 2.24) is 9.55 Å². The van der Waals surface area contributed by atoms with E-state index >= 15 is 0 Å². The lowest BCUT2D eigenvalue weighted by Crippen LogP contribution is -2.51. The summed E-state index contributed by atoms with van der Waals surface area (Å²) in [5.74, 6) is -0.227. The Balaban J connectivity index is 2.36. The molecule has 0 spiro atoms. The highest BCUT2D eigenvalue weighted by atomic mass is 19.1. The van der Waals surface area contributed by atoms with Gasteiger partial charge in [0, 0.05) is 17.7 Å². The molecule has 1 fully saturated rings. The van der Waals surface area contributed by atoms with E-state index in [2.05, 4.69) is 4.98 Å². The van der Waals surface area contributed by atoms with Gasteiger partial charge in [0.1, 0.15) is 6.67 Å². The third kappa shape index (κ3) is 3.29. The van der Waals surface area contributed by atoms with E-state index in [0.717, 1.165) is 0 Å². The number of aromatic nitrogens is 2. The first-order valence-corrected chi connectivity index (χ1v) is 7.21. The number of aliphatic hydroxyl groups is 1. The maximum absolute atomic E-state index is 12.5. The fourth-order valence-corrected chi connectivity index (χ4v) is 2.76. The first-order chi connectivity index (χ1) is 10.5. The van der Waals surface area contributed by atoms with E-state index in [4.69, 9.17) is 9.47 Å². The van der Waals surface area contributed by atoms with Crippen molar-refractivity contribution in [2.24, 2.45) is 5.92 Å². The third-order valence-electron chi connectivity index (χ3n) is 4.04. The number of hydrogen-bond donors (Lipinski definition) is 2. The van der Waals surface area contributed by atoms with E-state index in [0.29, 0.717) is 5.56 Å². The van der Waals surface area contributed by atoms with Crippen molar-refractivity contribution < 1.29 is 19.0 Å². The number of alkyl halides is 1. The highest BCUT2D eigenvalue weighted by Crippen LogP contribution is 2.30. The fraction of sp³-hybridized carbons (Fsp3) is 0.714. The maximum Gasteiger partial charge on any atom is 0.328 e. The minimum absolute atomic E-state index is 0.0965. The van der Waals surface area contributed by atoms with Crippen molar-refractivity contribution in [1.29, 1.82) is 0 Å². The van der Waals surface area contributed by atoms with Crippen LogP contribution in [-0.2, 0) is 9.47 Å². The number of nitrogens with one attached hydrogen (secondary N) is 1. The van der Waals surface area contributed by atoms with Crippen molar-refractivity contribution in [3.63, 3.8) is 0 Å². The minimum atomic E-state index is -0.639. The summed E-state index contributed by atoms with van der Waals surface area (Å²) in [5, 5.41) is 9.33. The Kier molecular flexibility index (Phi) is 5.49. The van der Waals surface area contributed by atoms with Gasteiger partial charge in [-0.1, -0.05) is 6.92 Å². The van der Waals surface area contributed by atoms with Crippen LogP contribution in [0.2, 0.25) is 0 Å². The molecule has 0 saturated carbocycles. The first-order valence-electron chi connectivity index (χ1n) is 7.21. The Morgan fingerprint density at radius 2 is 2.27 bits per heavy atom. The van der Waals surface area contributed by atoms with E-state index in [1.54, 1.807) is 6.92 Å². The molecule has 8 heteroatoms. The van der Waals surface area contributed by atoms with Crippen LogP contribution in [0.15, 0.2) is 15.8 Å². The van der Waals surface area contributed by atoms with Gasteiger partial charge < -0.3 is 14.6 Å². The van der Waals surface area contributed by atoms with Crippen LogP contribution in [0.4, 0.5) is 4.39 Å². The molecule has 1 aliphatic heterocycles. The summed E-state index contributed by atoms with van der Waals surface area (Å²) in [6, 6.07) is -0.493. The molecule has 1 saturated heterocycles. The molecule has 7 nitrogen and oxygen atoms in total. The number of nitrogens with zero attached hydrogens (tertiary/aromatic N) is 1. The van der Waals surface area contributed by atoms with Crippen LogP contribution in [0.5, 0.6) is 0 Å². The third-order valence-corrected chi connectivity index (χ3v) is 4.04. The molecule has 2 N–H and O–H groups in total. The zero-order valence-corrected chi connectivity index (χ0v) is 12.6. The molecule has 124 valence electrons. The van der Waals surface area contributed by atoms with Crippen LogP contribution in [0, 0.1) is 12.8 Å². The molecular formula is C14H21FN2O5. The van der Waals surface area contributed by atoms with Gasteiger partial charge >= 0.3 is 5.69 Å². The van der Waals surface area contributed by atoms with Crippen molar-refractivity contribution in [2.45, 2.75) is 32.1 Å². The maximum atomic E-state index is 12.5. The molecule has 1 unspecified atom stereocenters. The Morgan fingerprint density at radius 1 is 1.55 bits per heavy atom. The summed E-state index contributed by atoms with van der Waals surface area (Å²) in [5.41, 5.74) is -0.617. The standard InChI is InChI=1S/C14H21FN2O5/c1-8-5-17(14(20)16-13(8)19)10-7-22-11(6-18)9(2)12(10)21-4-3-15/h5,9-12,18H,3-4,6-7H2,1-2H3,(H,16,19,20)/t9-,10-,11?,12-/m1/s1. The SMILES string of the molecule is Cc1cn([C@@H]2COC(CO)[C@@H](C)[C@H]2OCCF)c(=O)[nH]c1=O. The zero-order chi connectivity index (χ0) is 16.3. The summed E-state index contributed by atoms with van der Waals surface area (Å²) in [6.45, 7) is 2.64. The number of aromatic amines is 1. The number of aryl methyl sites for hydroxylation is 1. The molecule has 4 atom stereocenters. The summed E-state index contributed by atoms with van der Waals surface area (Å²) in [4.78, 5) is 25.8. The molecular weight excluding hydrogens is 295 g/mol. The molecule has 0 aliphatic carbocycles. The minimum Gasteiger partial charge on any atom is -0.394 e. The normalized spacial score (nSPS) is 28.7. The fourth-order valence-electron chi connectivity index (χ4n) is 2.76. The molecule has 0 aromatic carbocycles. The van der Waals surface area contributed by atoms with Crippen LogP contribution in [0.3, 0.4) is 0 Å². The Labute approximate surface area is 126 Å². The average molecular weight is 316 g/mol. The van der Waals surface area contributed by atoms with Gasteiger partial charge in [0.05, 0.1) is 38.1 Å². The van der Waals surface area contributed by atoms with E-state index in [-0.39, 0.29) is 25.7 Å². The smallest absolute Gasteiger partial charge is 0.328 e. The summed E-state index contributed by atoms with van der Waals surface area (Å²) in [6.07, 6.45) is 0.526. The molecule has 1 aromatic heterocycles. The molecule has 0 amide bonds. The quantitative estimate of drug-likeness (QED) is 0.782. The molecule has 22 heavy (non-hydrogen) atoms. The Bertz CT molecular complexity index is 614. The predicted molar refractivity (Wildman–Crippen MR) is 76.8 cm³/mol. The van der Waals surface area contributed by atoms with Gasteiger partial charge in [0.25, 0.3) is 5.56 Å². The number of halogens is 1. The summed E-state index contributed by atoms with van der Waals surface area (Å²) in [7, 11) is 0. The van der Waals surface area contributed by atoms with Gasteiger partial charge in [0.2, 0.25) is 0 Å². The zero-order valence-electron chi connectivity index (χ0n) is 12.6. The van der Waals surface area contributed by atoms with E-state index in [1.165, 1.54) is 10.8 Å². The molecule has 0 radical (unpaired) electrons. The van der Waals surface area contributed by atoms with Gasteiger partial charge in [0.15, 0.2) is 0 Å². The average Bonchev–Trinajstić information content (AvgIpc) is 2.49. The molecule has 2 rings (SSSR count). The molecule has 2 heterocycles. The summed E-state index contributed by atoms with van der Waals surface area (Å²) < 4.78 is 24.9. The van der Waals surface area contributed by atoms with Gasteiger partial charge in [-0.15, -0.1) is 0 Å². The van der Waals surface area contributed by atoms with Gasteiger partial charge in [-0.3, -0.25) is 14.3 Å². The van der Waals surface area contributed by atoms with Crippen molar-refractivity contribution in [2.75, 3.05) is 26.5 Å². The lowest BCUT2D eigenvalue weighted by Gasteiger charge is -2.41. The van der Waals surface area contributed by atoms with E-state index < -0.39 is 36.2 Å². The van der Waals surface area contributed by atoms with Crippen molar-refractivity contribution >= 4 is 0 Å². The second-order valence-corrected chi connectivity index (χ2v) is 5.48. The molecule has 1 aliphatic rings. The number of H-pyrrole nitrogens is 1. The highest BCUT2D eigenvalue weighted by molar-refractivity contribution is 5.03. The van der Waals surface area contributed by atoms with Crippen molar-refractivity contribution in [3.8, 4) is 0 Å². The molecule has 1 aromatic rings. The molecule has 0 bridgehead atoms. The Hall–Kier alpha value is -1.51. The topological polar surface area (TPSA) is 93.6 Å². The van der Waals surface area contributed by atoms with Crippen LogP contribution < -0.4 is 11.2 Å². The largest absolute Gasteiger partial charge is 0.394 e. The second-order valence-electron chi connectivity index (χ2n) is 5.48. The van der Waals surface area contributed by atoms with Crippen LogP contribution in [-0.4, -0.2) is 53.4 Å². The van der Waals surface area contributed by atoms with Crippen LogP contribution in [0.25, 0.3) is 0 Å². The highest BCUT2D eigenvalue weighted by Gasteiger charge is 2.39. The monoisotopic (exact) mass is 316 g/mol. The first kappa shape index (κ1) is 16.9. The Morgan fingerprint density at radius 3 is 2.91 bits per heavy atom. The summed E-state index contributed by atoms with van der Waals surface area (Å²) >= 11 is 0. The predicted octanol–water partition coefficient (Wildman–Crippen LogP) is -0.232. The lowest BCUT2D eigenvalue weighted by atomic mass is 9.90.